The van der Waals surface area contributed by atoms with Crippen molar-refractivity contribution in [2.45, 2.75) is 44.2 Å². The molecule has 1 aliphatic carbocycles. The number of nitrogens with one attached hydrogen (secondary N) is 2. The number of carbonyl (C=O) groups is 3. The Kier molecular flexibility index (Phi) is 6.60. The molecule has 1 aromatic heterocycles. The molecule has 10 nitrogen and oxygen atoms in total. The predicted octanol–water partition coefficient (Wildman–Crippen LogP) is 0.664. The molecule has 1 fully saturated rings. The highest BCUT2D eigenvalue weighted by Gasteiger charge is 2.46. The number of benzene rings is 1. The van der Waals surface area contributed by atoms with Crippen molar-refractivity contribution in [1.82, 2.24) is 25.1 Å². The Morgan fingerprint density at radius 3 is 2.49 bits per heavy atom. The van der Waals surface area contributed by atoms with Crippen molar-refractivity contribution in [2.24, 2.45) is 5.92 Å². The molecule has 1 aromatic carbocycles. The zero-order chi connectivity index (χ0) is 25.3. The van der Waals surface area contributed by atoms with E-state index in [1.165, 1.54) is 30.8 Å². The molecule has 11 heteroatoms. The number of likely N-dealkylation sites (N-methyl/N-ethyl adjacent to an activating group) is 1. The lowest BCUT2D eigenvalue weighted by Gasteiger charge is -2.37. The lowest BCUT2D eigenvalue weighted by molar-refractivity contribution is -0.145. The largest absolute Gasteiger partial charge is 0.501 e. The van der Waals surface area contributed by atoms with Crippen LogP contribution in [-0.4, -0.2) is 57.9 Å². The fraction of sp³-hybridized carbons (Fsp3) is 0.458. The summed E-state index contributed by atoms with van der Waals surface area (Å²) in [6, 6.07) is 5.84. The van der Waals surface area contributed by atoms with Gasteiger partial charge in [0.25, 0.3) is 11.5 Å². The molecule has 3 heterocycles. The number of hydrogen-bond acceptors (Lipinski definition) is 6. The molecule has 0 atom stereocenters. The van der Waals surface area contributed by atoms with Gasteiger partial charge >= 0.3 is 11.8 Å². The van der Waals surface area contributed by atoms with Crippen molar-refractivity contribution < 1.29 is 23.9 Å². The maximum absolute atomic E-state index is 13.1. The van der Waals surface area contributed by atoms with E-state index in [-0.39, 0.29) is 24.1 Å². The fourth-order valence-electron chi connectivity index (χ4n) is 4.78. The van der Waals surface area contributed by atoms with Gasteiger partial charge in [0.15, 0.2) is 5.69 Å². The van der Waals surface area contributed by atoms with Crippen LogP contribution in [0.25, 0.3) is 0 Å². The smallest absolute Gasteiger partial charge is 0.311 e. The second kappa shape index (κ2) is 9.47. The van der Waals surface area contributed by atoms with Gasteiger partial charge in [-0.3, -0.25) is 23.7 Å². The van der Waals surface area contributed by atoms with Crippen LogP contribution in [-0.2, 0) is 28.1 Å². The number of halogens is 1. The number of amides is 3. The highest BCUT2D eigenvalue weighted by molar-refractivity contribution is 6.35. The Morgan fingerprint density at radius 2 is 1.86 bits per heavy atom. The zero-order valence-corrected chi connectivity index (χ0v) is 19.6. The van der Waals surface area contributed by atoms with E-state index in [9.17, 15) is 28.7 Å². The van der Waals surface area contributed by atoms with Crippen LogP contribution in [0.4, 0.5) is 4.39 Å². The lowest BCUT2D eigenvalue weighted by Crippen LogP contribution is -2.53. The van der Waals surface area contributed by atoms with Crippen molar-refractivity contribution in [1.29, 1.82) is 0 Å². The molecule has 2 bridgehead atoms. The molecule has 1 saturated carbocycles. The van der Waals surface area contributed by atoms with Gasteiger partial charge in [-0.25, -0.2) is 9.37 Å². The van der Waals surface area contributed by atoms with Gasteiger partial charge in [-0.15, -0.1) is 0 Å². The lowest BCUT2D eigenvalue weighted by atomic mass is 9.77. The first-order chi connectivity index (χ1) is 16.6. The zero-order valence-electron chi connectivity index (χ0n) is 19.6. The summed E-state index contributed by atoms with van der Waals surface area (Å²) in [5, 5.41) is 15.9. The number of aromatic hydroxyl groups is 1. The van der Waals surface area contributed by atoms with Crippen molar-refractivity contribution in [3.05, 3.63) is 57.5 Å². The molecule has 0 radical (unpaired) electrons. The number of rotatable bonds is 5. The minimum atomic E-state index is -1.11. The van der Waals surface area contributed by atoms with Crippen LogP contribution in [0, 0.1) is 11.7 Å². The maximum Gasteiger partial charge on any atom is 0.311 e. The van der Waals surface area contributed by atoms with Crippen LogP contribution in [0.5, 0.6) is 5.75 Å². The van der Waals surface area contributed by atoms with Crippen LogP contribution >= 0.6 is 0 Å². The van der Waals surface area contributed by atoms with E-state index in [4.69, 9.17) is 0 Å². The van der Waals surface area contributed by atoms with E-state index < -0.39 is 40.3 Å². The summed E-state index contributed by atoms with van der Waals surface area (Å²) >= 11 is 0. The molecule has 3 aliphatic rings. The van der Waals surface area contributed by atoms with Crippen LogP contribution < -0.4 is 16.2 Å². The monoisotopic (exact) mass is 485 g/mol. The first-order valence-electron chi connectivity index (χ1n) is 11.5. The summed E-state index contributed by atoms with van der Waals surface area (Å²) in [5.41, 5.74) is -1.50. The number of hydrogen-bond donors (Lipinski definition) is 3. The minimum Gasteiger partial charge on any atom is -0.501 e. The van der Waals surface area contributed by atoms with Crippen LogP contribution in [0.15, 0.2) is 29.1 Å². The Hall–Kier alpha value is -3.76. The second-order valence-corrected chi connectivity index (χ2v) is 9.36. The van der Waals surface area contributed by atoms with E-state index in [2.05, 4.69) is 15.6 Å². The van der Waals surface area contributed by atoms with Crippen LogP contribution in [0.1, 0.15) is 47.6 Å². The third-order valence-electron chi connectivity index (χ3n) is 6.75. The van der Waals surface area contributed by atoms with Crippen molar-refractivity contribution in [3.8, 4) is 5.75 Å². The molecule has 3 N–H and O–H groups in total. The van der Waals surface area contributed by atoms with Gasteiger partial charge in [-0.1, -0.05) is 12.1 Å². The second-order valence-electron chi connectivity index (χ2n) is 9.36. The maximum atomic E-state index is 13.1. The summed E-state index contributed by atoms with van der Waals surface area (Å²) in [6.07, 6.45) is 2.70. The molecule has 2 aliphatic heterocycles. The van der Waals surface area contributed by atoms with E-state index in [1.54, 1.807) is 12.1 Å². The summed E-state index contributed by atoms with van der Waals surface area (Å²) in [7, 11) is 2.93. The summed E-state index contributed by atoms with van der Waals surface area (Å²) in [6.45, 7) is 0.478. The SMILES string of the molecule is CN(C)C(=O)C(=O)NC12CCC(CC1)Cn1c2nc(C(=O)NCCc2ccc(F)cc2)c(O)c1=O. The molecule has 0 spiro atoms. The Labute approximate surface area is 201 Å². The molecular formula is C24H28FN5O5. The molecule has 0 unspecified atom stereocenters. The predicted molar refractivity (Wildman–Crippen MR) is 123 cm³/mol. The van der Waals surface area contributed by atoms with Gasteiger partial charge in [0.2, 0.25) is 5.75 Å². The van der Waals surface area contributed by atoms with E-state index in [0.29, 0.717) is 38.6 Å². The fourth-order valence-corrected chi connectivity index (χ4v) is 4.78. The number of nitrogens with zero attached hydrogens (tertiary/aromatic N) is 3. The molecule has 35 heavy (non-hydrogen) atoms. The van der Waals surface area contributed by atoms with Crippen LogP contribution in [0.2, 0.25) is 0 Å². The average Bonchev–Trinajstić information content (AvgIpc) is 3.08. The molecule has 0 saturated heterocycles. The van der Waals surface area contributed by atoms with E-state index in [0.717, 1.165) is 10.5 Å². The van der Waals surface area contributed by atoms with Gasteiger partial charge < -0.3 is 20.6 Å². The van der Waals surface area contributed by atoms with Gasteiger partial charge in [-0.2, -0.15) is 0 Å². The third kappa shape index (κ3) is 4.75. The standard InChI is InChI=1S/C24H28FN5O5/c1-29(2)22(35)20(33)28-24-10-7-15(8-11-24)13-30-21(34)18(31)17(27-23(24)30)19(32)26-12-9-14-3-5-16(25)6-4-14/h3-6,15,31H,7-13H2,1-2H3,(H,26,32)(H,28,33). The molecule has 3 amide bonds. The van der Waals surface area contributed by atoms with Gasteiger partial charge in [0.05, 0.1) is 5.54 Å². The van der Waals surface area contributed by atoms with Crippen molar-refractivity contribution in [2.75, 3.05) is 20.6 Å². The van der Waals surface area contributed by atoms with Crippen molar-refractivity contribution in [3.63, 3.8) is 0 Å². The highest BCUT2D eigenvalue weighted by Crippen LogP contribution is 2.42. The Balaban J connectivity index is 1.63. The summed E-state index contributed by atoms with van der Waals surface area (Å²) < 4.78 is 14.4. The van der Waals surface area contributed by atoms with Crippen LogP contribution in [0.3, 0.4) is 0 Å². The summed E-state index contributed by atoms with van der Waals surface area (Å²) in [4.78, 5) is 56.4. The molecular weight excluding hydrogens is 457 g/mol. The van der Waals surface area contributed by atoms with Gasteiger partial charge in [0, 0.05) is 27.2 Å². The Morgan fingerprint density at radius 1 is 1.20 bits per heavy atom. The molecule has 186 valence electrons. The molecule has 2 aromatic rings. The molecule has 5 rings (SSSR count). The van der Waals surface area contributed by atoms with Gasteiger partial charge in [-0.05, 0) is 55.7 Å². The topological polar surface area (TPSA) is 134 Å². The minimum absolute atomic E-state index is 0.153. The third-order valence-corrected chi connectivity index (χ3v) is 6.75. The summed E-state index contributed by atoms with van der Waals surface area (Å²) in [5.74, 6) is -3.11. The normalized spacial score (nSPS) is 20.5. The highest BCUT2D eigenvalue weighted by atomic mass is 19.1. The van der Waals surface area contributed by atoms with Gasteiger partial charge in [0.1, 0.15) is 11.6 Å². The van der Waals surface area contributed by atoms with E-state index in [1.807, 2.05) is 0 Å². The number of carbonyl (C=O) groups excluding carboxylic acids is 3. The van der Waals surface area contributed by atoms with E-state index >= 15 is 0 Å². The first kappa shape index (κ1) is 24.4. The quantitative estimate of drug-likeness (QED) is 0.533. The average molecular weight is 486 g/mol. The first-order valence-corrected chi connectivity index (χ1v) is 11.5. The number of aromatic nitrogens is 2. The van der Waals surface area contributed by atoms with Crippen molar-refractivity contribution >= 4 is 17.7 Å². The Bertz CT molecular complexity index is 1220. The number of fused-ring (bicyclic) bond motifs is 2.